The van der Waals surface area contributed by atoms with Gasteiger partial charge in [-0.25, -0.2) is 4.39 Å². The summed E-state index contributed by atoms with van der Waals surface area (Å²) in [6.45, 7) is 8.13. The first-order chi connectivity index (χ1) is 14.8. The Morgan fingerprint density at radius 2 is 1.74 bits per heavy atom. The lowest BCUT2D eigenvalue weighted by molar-refractivity contribution is -0.0770. The minimum absolute atomic E-state index is 0.282. The molecule has 1 saturated heterocycles. The van der Waals surface area contributed by atoms with Crippen LogP contribution in [0, 0.1) is 11.2 Å². The molecule has 3 aromatic rings. The summed E-state index contributed by atoms with van der Waals surface area (Å²) in [7, 11) is 0. The van der Waals surface area contributed by atoms with Gasteiger partial charge in [-0.2, -0.15) is 0 Å². The number of benzene rings is 2. The maximum atomic E-state index is 13.1. The van der Waals surface area contributed by atoms with Crippen LogP contribution in [0.25, 0.3) is 0 Å². The van der Waals surface area contributed by atoms with Gasteiger partial charge in [0.2, 0.25) is 0 Å². The van der Waals surface area contributed by atoms with Crippen molar-refractivity contribution in [3.05, 3.63) is 95.1 Å². The molecule has 162 valence electrons. The Morgan fingerprint density at radius 1 is 1.06 bits per heavy atom. The van der Waals surface area contributed by atoms with Crippen LogP contribution in [0.5, 0.6) is 5.75 Å². The molecule has 4 rings (SSSR count). The molecule has 0 radical (unpaired) electrons. The first kappa shape index (κ1) is 21.5. The normalized spacial score (nSPS) is 17.1. The zero-order valence-corrected chi connectivity index (χ0v) is 18.2. The number of aromatic nitrogens is 1. The standard InChI is InChI=1S/C26H29FN2O2/c1-18(2)20-4-6-21(7-5-20)26(30,25(3)16-29-17-25)22-12-19(13-28-14-22)15-31-24-10-8-23(27)9-11-24/h4-14,18,29-30H,15-17H2,1-3H3. The Morgan fingerprint density at radius 3 is 2.32 bits per heavy atom. The van der Waals surface area contributed by atoms with E-state index >= 15 is 0 Å². The number of aliphatic hydroxyl groups is 1. The highest BCUT2D eigenvalue weighted by molar-refractivity contribution is 5.42. The predicted molar refractivity (Wildman–Crippen MR) is 119 cm³/mol. The third-order valence-corrected chi connectivity index (χ3v) is 6.33. The summed E-state index contributed by atoms with van der Waals surface area (Å²) in [4.78, 5) is 4.40. The zero-order chi connectivity index (χ0) is 22.1. The van der Waals surface area contributed by atoms with Crippen LogP contribution >= 0.6 is 0 Å². The number of rotatable bonds is 7. The number of nitrogens with one attached hydrogen (secondary N) is 1. The summed E-state index contributed by atoms with van der Waals surface area (Å²) in [6, 6.07) is 16.1. The number of ether oxygens (including phenoxy) is 1. The fraction of sp³-hybridized carbons (Fsp3) is 0.346. The van der Waals surface area contributed by atoms with Gasteiger partial charge in [0.1, 0.15) is 23.8 Å². The van der Waals surface area contributed by atoms with Crippen LogP contribution in [-0.4, -0.2) is 23.2 Å². The number of pyridine rings is 1. The van der Waals surface area contributed by atoms with Crippen LogP contribution in [0.1, 0.15) is 48.9 Å². The number of nitrogens with zero attached hydrogens (tertiary/aromatic N) is 1. The lowest BCUT2D eigenvalue weighted by Gasteiger charge is -2.52. The maximum absolute atomic E-state index is 13.1. The molecule has 0 bridgehead atoms. The van der Waals surface area contributed by atoms with Crippen LogP contribution in [0.4, 0.5) is 4.39 Å². The van der Waals surface area contributed by atoms with Gasteiger partial charge in [0, 0.05) is 42.0 Å². The van der Waals surface area contributed by atoms with Crippen LogP contribution in [-0.2, 0) is 12.2 Å². The third-order valence-electron chi connectivity index (χ3n) is 6.33. The Labute approximate surface area is 183 Å². The highest BCUT2D eigenvalue weighted by Gasteiger charge is 2.53. The summed E-state index contributed by atoms with van der Waals surface area (Å²) in [5, 5.41) is 15.4. The van der Waals surface area contributed by atoms with E-state index in [-0.39, 0.29) is 17.8 Å². The van der Waals surface area contributed by atoms with Gasteiger partial charge in [-0.1, -0.05) is 45.0 Å². The molecule has 2 heterocycles. The maximum Gasteiger partial charge on any atom is 0.124 e. The van der Waals surface area contributed by atoms with Crippen LogP contribution in [0.2, 0.25) is 0 Å². The minimum Gasteiger partial charge on any atom is -0.489 e. The summed E-state index contributed by atoms with van der Waals surface area (Å²) >= 11 is 0. The van der Waals surface area contributed by atoms with Gasteiger partial charge < -0.3 is 15.2 Å². The lowest BCUT2D eigenvalue weighted by atomic mass is 9.63. The van der Waals surface area contributed by atoms with E-state index in [2.05, 4.69) is 43.2 Å². The summed E-state index contributed by atoms with van der Waals surface area (Å²) in [5.41, 5.74) is 2.14. The molecule has 31 heavy (non-hydrogen) atoms. The van der Waals surface area contributed by atoms with E-state index in [1.54, 1.807) is 24.5 Å². The Hall–Kier alpha value is -2.76. The van der Waals surface area contributed by atoms with Gasteiger partial charge in [-0.05, 0) is 47.4 Å². The predicted octanol–water partition coefficient (Wildman–Crippen LogP) is 4.77. The Kier molecular flexibility index (Phi) is 5.82. The van der Waals surface area contributed by atoms with Crippen LogP contribution in [0.3, 0.4) is 0 Å². The van der Waals surface area contributed by atoms with Gasteiger partial charge in [0.05, 0.1) is 0 Å². The summed E-state index contributed by atoms with van der Waals surface area (Å²) < 4.78 is 18.9. The van der Waals surface area contributed by atoms with Crippen molar-refractivity contribution in [3.8, 4) is 5.75 Å². The topological polar surface area (TPSA) is 54.4 Å². The lowest BCUT2D eigenvalue weighted by Crippen LogP contribution is -2.63. The molecule has 1 atom stereocenters. The van der Waals surface area contributed by atoms with Gasteiger partial charge >= 0.3 is 0 Å². The van der Waals surface area contributed by atoms with E-state index in [1.165, 1.54) is 17.7 Å². The second-order valence-corrected chi connectivity index (χ2v) is 8.98. The highest BCUT2D eigenvalue weighted by Crippen LogP contribution is 2.47. The van der Waals surface area contributed by atoms with Crippen molar-refractivity contribution < 1.29 is 14.2 Å². The number of halogens is 1. The molecule has 0 aliphatic carbocycles. The van der Waals surface area contributed by atoms with Crippen molar-refractivity contribution in [3.63, 3.8) is 0 Å². The molecule has 1 aliphatic heterocycles. The quantitative estimate of drug-likeness (QED) is 0.578. The summed E-state index contributed by atoms with van der Waals surface area (Å²) in [6.07, 6.45) is 3.47. The van der Waals surface area contributed by atoms with Crippen molar-refractivity contribution in [2.24, 2.45) is 5.41 Å². The van der Waals surface area contributed by atoms with Crippen molar-refractivity contribution in [2.75, 3.05) is 13.1 Å². The van der Waals surface area contributed by atoms with Crippen LogP contribution in [0.15, 0.2) is 67.0 Å². The third kappa shape index (κ3) is 4.08. The smallest absolute Gasteiger partial charge is 0.124 e. The molecule has 0 spiro atoms. The Bertz CT molecular complexity index is 1030. The van der Waals surface area contributed by atoms with Crippen LogP contribution < -0.4 is 10.1 Å². The molecular formula is C26H29FN2O2. The number of hydrogen-bond donors (Lipinski definition) is 2. The average Bonchev–Trinajstić information content (AvgIpc) is 2.76. The van der Waals surface area contributed by atoms with E-state index in [0.717, 1.165) is 16.7 Å². The van der Waals surface area contributed by atoms with Crippen molar-refractivity contribution in [1.82, 2.24) is 10.3 Å². The fourth-order valence-electron chi connectivity index (χ4n) is 4.19. The summed E-state index contributed by atoms with van der Waals surface area (Å²) in [5.74, 6) is 0.713. The van der Waals surface area contributed by atoms with E-state index in [9.17, 15) is 9.50 Å². The minimum atomic E-state index is -1.19. The SMILES string of the molecule is CC(C)c1ccc(C(O)(c2cncc(COc3ccc(F)cc3)c2)C2(C)CNC2)cc1. The zero-order valence-electron chi connectivity index (χ0n) is 18.2. The first-order valence-corrected chi connectivity index (χ1v) is 10.7. The van der Waals surface area contributed by atoms with Gasteiger partial charge in [-0.3, -0.25) is 4.98 Å². The molecule has 4 nitrogen and oxygen atoms in total. The number of hydrogen-bond acceptors (Lipinski definition) is 4. The van der Waals surface area contributed by atoms with Gasteiger partial charge in [0.15, 0.2) is 0 Å². The molecule has 1 aromatic heterocycles. The average molecular weight is 421 g/mol. The largest absolute Gasteiger partial charge is 0.489 e. The monoisotopic (exact) mass is 420 g/mol. The van der Waals surface area contributed by atoms with E-state index in [4.69, 9.17) is 4.74 Å². The molecule has 2 N–H and O–H groups in total. The van der Waals surface area contributed by atoms with Crippen molar-refractivity contribution in [2.45, 2.75) is 38.9 Å². The second-order valence-electron chi connectivity index (χ2n) is 8.98. The molecule has 1 fully saturated rings. The molecule has 2 aromatic carbocycles. The molecule has 5 heteroatoms. The first-order valence-electron chi connectivity index (χ1n) is 10.7. The fourth-order valence-corrected chi connectivity index (χ4v) is 4.19. The molecule has 1 unspecified atom stereocenters. The molecule has 1 aliphatic rings. The van der Waals surface area contributed by atoms with Gasteiger partial charge in [-0.15, -0.1) is 0 Å². The van der Waals surface area contributed by atoms with Crippen molar-refractivity contribution in [1.29, 1.82) is 0 Å². The molecular weight excluding hydrogens is 391 g/mol. The molecule has 0 saturated carbocycles. The second kappa shape index (κ2) is 8.40. The molecule has 0 amide bonds. The highest BCUT2D eigenvalue weighted by atomic mass is 19.1. The van der Waals surface area contributed by atoms with E-state index in [0.29, 0.717) is 24.8 Å². The van der Waals surface area contributed by atoms with Gasteiger partial charge in [0.25, 0.3) is 0 Å². The van der Waals surface area contributed by atoms with E-state index in [1.807, 2.05) is 18.2 Å². The van der Waals surface area contributed by atoms with Crippen molar-refractivity contribution >= 4 is 0 Å². The van der Waals surface area contributed by atoms with E-state index < -0.39 is 5.60 Å². The Balaban J connectivity index is 1.66.